The Morgan fingerprint density at radius 3 is 2.53 bits per heavy atom. The van der Waals surface area contributed by atoms with Crippen LogP contribution in [-0.2, 0) is 0 Å². The molecule has 0 unspecified atom stereocenters. The van der Waals surface area contributed by atoms with Crippen molar-refractivity contribution in [1.29, 1.82) is 0 Å². The molecule has 1 N–H and O–H groups in total. The summed E-state index contributed by atoms with van der Waals surface area (Å²) in [6, 6.07) is 10.3. The standard InChI is InChI=1S/C27H29FN6OS/c1-17(2)34-16-30-24(19-4-7-21(28)8-5-19)25(34)27-31-22(15-36-27)26(35)32-23-9-6-20(14-29-23)18-10-12-33(3)13-11-18/h4-9,14-18H,10-13H2,1-3H3,(H,29,32,35). The maximum absolute atomic E-state index is 13.5. The lowest BCUT2D eigenvalue weighted by atomic mass is 9.91. The van der Waals surface area contributed by atoms with Gasteiger partial charge >= 0.3 is 0 Å². The first-order valence-corrected chi connectivity index (χ1v) is 13.0. The molecule has 4 heterocycles. The summed E-state index contributed by atoms with van der Waals surface area (Å²) in [6.07, 6.45) is 5.88. The number of likely N-dealkylation sites (tertiary alicyclic amines) is 1. The van der Waals surface area contributed by atoms with Gasteiger partial charge in [-0.2, -0.15) is 0 Å². The van der Waals surface area contributed by atoms with Gasteiger partial charge in [0.2, 0.25) is 0 Å². The highest BCUT2D eigenvalue weighted by molar-refractivity contribution is 7.13. The van der Waals surface area contributed by atoms with Crippen LogP contribution >= 0.6 is 11.3 Å². The molecule has 1 fully saturated rings. The normalized spacial score (nSPS) is 14.9. The van der Waals surface area contributed by atoms with Crippen LogP contribution in [0.1, 0.15) is 54.7 Å². The van der Waals surface area contributed by atoms with E-state index in [1.165, 1.54) is 29.0 Å². The molecule has 9 heteroatoms. The van der Waals surface area contributed by atoms with E-state index >= 15 is 0 Å². The molecular weight excluding hydrogens is 475 g/mol. The third kappa shape index (κ3) is 5.08. The van der Waals surface area contributed by atoms with Gasteiger partial charge in [0.05, 0.1) is 12.0 Å². The summed E-state index contributed by atoms with van der Waals surface area (Å²) in [7, 11) is 2.15. The Morgan fingerprint density at radius 1 is 1.11 bits per heavy atom. The van der Waals surface area contributed by atoms with Crippen LogP contribution in [-0.4, -0.2) is 50.5 Å². The molecule has 1 saturated heterocycles. The second-order valence-corrected chi connectivity index (χ2v) is 10.4. The fourth-order valence-electron chi connectivity index (χ4n) is 4.51. The van der Waals surface area contributed by atoms with E-state index in [0.29, 0.717) is 28.1 Å². The van der Waals surface area contributed by atoms with Gasteiger partial charge in [-0.3, -0.25) is 4.79 Å². The minimum atomic E-state index is -0.309. The molecule has 1 aliphatic heterocycles. The number of piperidine rings is 1. The van der Waals surface area contributed by atoms with E-state index in [1.54, 1.807) is 23.8 Å². The van der Waals surface area contributed by atoms with Gasteiger partial charge in [0.1, 0.15) is 28.0 Å². The average Bonchev–Trinajstić information content (AvgIpc) is 3.53. The summed E-state index contributed by atoms with van der Waals surface area (Å²) in [5.41, 5.74) is 3.84. The Morgan fingerprint density at radius 2 is 1.86 bits per heavy atom. The van der Waals surface area contributed by atoms with Gasteiger partial charge in [0.25, 0.3) is 5.91 Å². The molecule has 5 rings (SSSR count). The molecule has 3 aromatic heterocycles. The van der Waals surface area contributed by atoms with Crippen LogP contribution in [0.15, 0.2) is 54.3 Å². The minimum Gasteiger partial charge on any atom is -0.326 e. The number of thiazole rings is 1. The largest absolute Gasteiger partial charge is 0.326 e. The first-order chi connectivity index (χ1) is 17.4. The number of hydrogen-bond donors (Lipinski definition) is 1. The van der Waals surface area contributed by atoms with E-state index in [9.17, 15) is 9.18 Å². The number of rotatable bonds is 6. The number of nitrogens with zero attached hydrogens (tertiary/aromatic N) is 5. The van der Waals surface area contributed by atoms with Crippen LogP contribution in [0.4, 0.5) is 10.2 Å². The molecule has 0 saturated carbocycles. The van der Waals surface area contributed by atoms with Crippen molar-refractivity contribution in [2.45, 2.75) is 38.6 Å². The summed E-state index contributed by atoms with van der Waals surface area (Å²) < 4.78 is 15.5. The third-order valence-corrected chi connectivity index (χ3v) is 7.47. The van der Waals surface area contributed by atoms with E-state index < -0.39 is 0 Å². The zero-order valence-corrected chi connectivity index (χ0v) is 21.4. The van der Waals surface area contributed by atoms with Gasteiger partial charge in [-0.05, 0) is 88.6 Å². The Balaban J connectivity index is 1.34. The van der Waals surface area contributed by atoms with Crippen LogP contribution < -0.4 is 5.32 Å². The molecule has 1 amide bonds. The van der Waals surface area contributed by atoms with Crippen molar-refractivity contribution in [2.24, 2.45) is 0 Å². The average molecular weight is 505 g/mol. The zero-order valence-electron chi connectivity index (χ0n) is 20.6. The van der Waals surface area contributed by atoms with Gasteiger partial charge in [-0.1, -0.05) is 6.07 Å². The van der Waals surface area contributed by atoms with Crippen LogP contribution in [0.3, 0.4) is 0 Å². The molecule has 36 heavy (non-hydrogen) atoms. The van der Waals surface area contributed by atoms with Crippen molar-refractivity contribution in [1.82, 2.24) is 24.4 Å². The van der Waals surface area contributed by atoms with Crippen LogP contribution in [0, 0.1) is 5.82 Å². The predicted octanol–water partition coefficient (Wildman–Crippen LogP) is 5.85. The smallest absolute Gasteiger partial charge is 0.276 e. The highest BCUT2D eigenvalue weighted by Gasteiger charge is 2.22. The first-order valence-electron chi connectivity index (χ1n) is 12.1. The number of nitrogens with one attached hydrogen (secondary N) is 1. The third-order valence-electron chi connectivity index (χ3n) is 6.63. The Labute approximate surface area is 214 Å². The summed E-state index contributed by atoms with van der Waals surface area (Å²) in [4.78, 5) is 29.0. The number of imidazole rings is 1. The Hall–Kier alpha value is -3.43. The molecule has 0 aliphatic carbocycles. The van der Waals surface area contributed by atoms with E-state index in [2.05, 4.69) is 52.1 Å². The summed E-state index contributed by atoms with van der Waals surface area (Å²) >= 11 is 1.38. The molecule has 1 aliphatic rings. The highest BCUT2D eigenvalue weighted by atomic mass is 32.1. The molecule has 186 valence electrons. The monoisotopic (exact) mass is 504 g/mol. The number of anilines is 1. The van der Waals surface area contributed by atoms with E-state index in [-0.39, 0.29) is 17.8 Å². The van der Waals surface area contributed by atoms with Crippen LogP contribution in [0.2, 0.25) is 0 Å². The van der Waals surface area contributed by atoms with Gasteiger partial charge in [0.15, 0.2) is 0 Å². The molecule has 0 atom stereocenters. The number of benzene rings is 1. The fraction of sp³-hybridized carbons (Fsp3) is 0.333. The number of hydrogen-bond acceptors (Lipinski definition) is 6. The van der Waals surface area contributed by atoms with Crippen molar-refractivity contribution in [3.63, 3.8) is 0 Å². The fourth-order valence-corrected chi connectivity index (χ4v) is 5.36. The minimum absolute atomic E-state index is 0.134. The maximum Gasteiger partial charge on any atom is 0.276 e. The lowest BCUT2D eigenvalue weighted by molar-refractivity contribution is 0.102. The quantitative estimate of drug-likeness (QED) is 0.356. The summed E-state index contributed by atoms with van der Waals surface area (Å²) in [5.74, 6) is 0.409. The zero-order chi connectivity index (χ0) is 25.2. The lowest BCUT2D eigenvalue weighted by Crippen LogP contribution is -2.29. The number of carbonyl (C=O) groups excluding carboxylic acids is 1. The first kappa shape index (κ1) is 24.3. The van der Waals surface area contributed by atoms with Crippen molar-refractivity contribution in [2.75, 3.05) is 25.5 Å². The van der Waals surface area contributed by atoms with Crippen molar-refractivity contribution >= 4 is 23.1 Å². The van der Waals surface area contributed by atoms with Crippen LogP contribution in [0.5, 0.6) is 0 Å². The van der Waals surface area contributed by atoms with Gasteiger partial charge in [0, 0.05) is 23.2 Å². The van der Waals surface area contributed by atoms with Crippen molar-refractivity contribution < 1.29 is 9.18 Å². The molecule has 0 radical (unpaired) electrons. The number of carbonyl (C=O) groups is 1. The number of aromatic nitrogens is 4. The second kappa shape index (κ2) is 10.3. The second-order valence-electron chi connectivity index (χ2n) is 9.50. The summed E-state index contributed by atoms with van der Waals surface area (Å²) in [6.45, 7) is 6.30. The van der Waals surface area contributed by atoms with E-state index in [4.69, 9.17) is 0 Å². The molecule has 0 bridgehead atoms. The molecule has 4 aromatic rings. The number of halogens is 1. The van der Waals surface area contributed by atoms with Gasteiger partial charge in [-0.15, -0.1) is 11.3 Å². The van der Waals surface area contributed by atoms with Gasteiger partial charge in [-0.25, -0.2) is 19.3 Å². The Bertz CT molecular complexity index is 1340. The predicted molar refractivity (Wildman–Crippen MR) is 141 cm³/mol. The molecule has 0 spiro atoms. The number of amides is 1. The van der Waals surface area contributed by atoms with E-state index in [1.807, 2.05) is 16.8 Å². The highest BCUT2D eigenvalue weighted by Crippen LogP contribution is 2.35. The lowest BCUT2D eigenvalue weighted by Gasteiger charge is -2.29. The molecular formula is C27H29FN6OS. The maximum atomic E-state index is 13.5. The van der Waals surface area contributed by atoms with Gasteiger partial charge < -0.3 is 14.8 Å². The van der Waals surface area contributed by atoms with E-state index in [0.717, 1.165) is 37.2 Å². The van der Waals surface area contributed by atoms with Crippen molar-refractivity contribution in [3.05, 3.63) is 71.4 Å². The molecule has 7 nitrogen and oxygen atoms in total. The van der Waals surface area contributed by atoms with Crippen LogP contribution in [0.25, 0.3) is 22.0 Å². The summed E-state index contributed by atoms with van der Waals surface area (Å²) in [5, 5.41) is 5.28. The molecule has 1 aromatic carbocycles. The topological polar surface area (TPSA) is 75.9 Å². The number of pyridine rings is 1. The Kier molecular flexibility index (Phi) is 6.93. The SMILES string of the molecule is CC(C)n1cnc(-c2ccc(F)cc2)c1-c1nc(C(=O)Nc2ccc(C3CCN(C)CC3)cn2)cs1. The van der Waals surface area contributed by atoms with Crippen molar-refractivity contribution in [3.8, 4) is 22.0 Å².